The van der Waals surface area contributed by atoms with Crippen LogP contribution in [0.3, 0.4) is 0 Å². The summed E-state index contributed by atoms with van der Waals surface area (Å²) in [6.07, 6.45) is -1.69. The zero-order valence-electron chi connectivity index (χ0n) is 26.1. The molecule has 0 spiro atoms. The Kier molecular flexibility index (Phi) is 10.3. The second-order valence-corrected chi connectivity index (χ2v) is 15.3. The lowest BCUT2D eigenvalue weighted by atomic mass is 9.97. The molecule has 1 fully saturated rings. The minimum Gasteiger partial charge on any atom is -0.382 e. The number of aryl methyl sites for hydroxylation is 1. The van der Waals surface area contributed by atoms with Crippen molar-refractivity contribution in [3.8, 4) is 11.1 Å². The van der Waals surface area contributed by atoms with Crippen LogP contribution < -0.4 is 10.0 Å². The van der Waals surface area contributed by atoms with Gasteiger partial charge in [0.25, 0.3) is 5.91 Å². The zero-order valence-corrected chi connectivity index (χ0v) is 27.7. The van der Waals surface area contributed by atoms with Crippen LogP contribution in [0.4, 0.5) is 0 Å². The van der Waals surface area contributed by atoms with Gasteiger partial charge in [-0.15, -0.1) is 11.8 Å². The van der Waals surface area contributed by atoms with Crippen molar-refractivity contribution in [1.29, 1.82) is 0 Å². The largest absolute Gasteiger partial charge is 0.382 e. The minimum absolute atomic E-state index is 0.0104. The number of carbonyl (C=O) groups excluding carboxylic acids is 2. The van der Waals surface area contributed by atoms with Gasteiger partial charge in [-0.1, -0.05) is 97.1 Å². The number of thioether (sulfide) groups is 1. The van der Waals surface area contributed by atoms with Crippen LogP contribution in [0.5, 0.6) is 0 Å². The second kappa shape index (κ2) is 14.2. The summed E-state index contributed by atoms with van der Waals surface area (Å²) in [6.45, 7) is 6.04. The lowest BCUT2D eigenvalue weighted by Gasteiger charge is -2.33. The molecule has 4 aromatic rings. The molecule has 3 unspecified atom stereocenters. The van der Waals surface area contributed by atoms with Crippen molar-refractivity contribution >= 4 is 33.6 Å². The van der Waals surface area contributed by atoms with Crippen LogP contribution in [0.15, 0.2) is 114 Å². The number of sulfonamides is 1. The van der Waals surface area contributed by atoms with E-state index in [2.05, 4.69) is 10.0 Å². The molecule has 0 radical (unpaired) electrons. The maximum Gasteiger partial charge on any atom is 0.254 e. The standard InChI is InChI=1S/C36H39N3O5S2/c1-25-12-10-11-17-29(25)23-37-34(41)33-36(2,3)45-24-39(33)35(42)32(40)31(22-26-13-6-4-7-14-26)38-46(43,44)30-20-18-28(19-21-30)27-15-8-5-9-16-27/h4-21,31-33,38,40H,22-24H2,1-3H3,(H,37,41). The number of carbonyl (C=O) groups is 2. The molecule has 5 rings (SSSR count). The van der Waals surface area contributed by atoms with Crippen molar-refractivity contribution < 1.29 is 23.1 Å². The first kappa shape index (κ1) is 33.4. The summed E-state index contributed by atoms with van der Waals surface area (Å²) in [4.78, 5) is 28.9. The Hall–Kier alpha value is -3.96. The van der Waals surface area contributed by atoms with E-state index in [9.17, 15) is 23.1 Å². The summed E-state index contributed by atoms with van der Waals surface area (Å²) in [6, 6.07) is 30.8. The molecule has 3 N–H and O–H groups in total. The van der Waals surface area contributed by atoms with Crippen molar-refractivity contribution in [2.45, 2.75) is 61.6 Å². The molecular formula is C36H39N3O5S2. The Balaban J connectivity index is 1.37. The SMILES string of the molecule is Cc1ccccc1CNC(=O)C1N(C(=O)C(O)C(Cc2ccccc2)NS(=O)(=O)c2ccc(-c3ccccc3)cc2)CSC1(C)C. The van der Waals surface area contributed by atoms with Crippen LogP contribution in [-0.4, -0.2) is 59.1 Å². The van der Waals surface area contributed by atoms with E-state index < -0.39 is 38.9 Å². The lowest BCUT2D eigenvalue weighted by Crippen LogP contribution is -2.58. The molecule has 0 aliphatic carbocycles. The molecule has 1 heterocycles. The van der Waals surface area contributed by atoms with E-state index in [4.69, 9.17) is 0 Å². The third-order valence-electron chi connectivity index (χ3n) is 8.30. The van der Waals surface area contributed by atoms with Crippen molar-refractivity contribution in [2.75, 3.05) is 5.88 Å². The highest BCUT2D eigenvalue weighted by molar-refractivity contribution is 8.00. The highest BCUT2D eigenvalue weighted by Crippen LogP contribution is 2.40. The Morgan fingerprint density at radius 2 is 1.48 bits per heavy atom. The Bertz CT molecular complexity index is 1760. The number of amides is 2. The van der Waals surface area contributed by atoms with Crippen LogP contribution >= 0.6 is 11.8 Å². The summed E-state index contributed by atoms with van der Waals surface area (Å²) >= 11 is 1.43. The molecule has 1 saturated heterocycles. The quantitative estimate of drug-likeness (QED) is 0.211. The number of aliphatic hydroxyl groups excluding tert-OH is 1. The topological polar surface area (TPSA) is 116 Å². The van der Waals surface area contributed by atoms with Gasteiger partial charge in [-0.2, -0.15) is 0 Å². The van der Waals surface area contributed by atoms with Crippen molar-refractivity contribution in [3.05, 3.63) is 126 Å². The van der Waals surface area contributed by atoms with Gasteiger partial charge >= 0.3 is 0 Å². The molecule has 1 aliphatic heterocycles. The van der Waals surface area contributed by atoms with Gasteiger partial charge in [-0.05, 0) is 67.1 Å². The highest BCUT2D eigenvalue weighted by atomic mass is 32.2. The Morgan fingerprint density at radius 1 is 0.891 bits per heavy atom. The lowest BCUT2D eigenvalue weighted by molar-refractivity contribution is -0.147. The first-order valence-electron chi connectivity index (χ1n) is 15.1. The molecule has 0 aromatic heterocycles. The van der Waals surface area contributed by atoms with E-state index >= 15 is 0 Å². The molecular weight excluding hydrogens is 619 g/mol. The molecule has 0 saturated carbocycles. The van der Waals surface area contributed by atoms with Crippen molar-refractivity contribution in [1.82, 2.24) is 14.9 Å². The van der Waals surface area contributed by atoms with Crippen LogP contribution in [0.25, 0.3) is 11.1 Å². The van der Waals surface area contributed by atoms with Gasteiger partial charge in [0, 0.05) is 11.3 Å². The highest BCUT2D eigenvalue weighted by Gasteiger charge is 2.50. The van der Waals surface area contributed by atoms with Gasteiger partial charge in [-0.3, -0.25) is 9.59 Å². The summed E-state index contributed by atoms with van der Waals surface area (Å²) in [5, 5.41) is 14.5. The molecule has 10 heteroatoms. The van der Waals surface area contributed by atoms with Gasteiger partial charge in [0.05, 0.1) is 16.8 Å². The van der Waals surface area contributed by atoms with Gasteiger partial charge in [-0.25, -0.2) is 13.1 Å². The first-order chi connectivity index (χ1) is 22.0. The fourth-order valence-corrected chi connectivity index (χ4v) is 8.03. The monoisotopic (exact) mass is 657 g/mol. The predicted molar refractivity (Wildman–Crippen MR) is 182 cm³/mol. The van der Waals surface area contributed by atoms with Crippen LogP contribution in [-0.2, 0) is 32.6 Å². The zero-order chi connectivity index (χ0) is 32.9. The van der Waals surface area contributed by atoms with E-state index in [1.807, 2.05) is 106 Å². The predicted octanol–water partition coefficient (Wildman–Crippen LogP) is 4.91. The molecule has 2 amide bonds. The third kappa shape index (κ3) is 7.70. The summed E-state index contributed by atoms with van der Waals surface area (Å²) in [7, 11) is -4.14. The van der Waals surface area contributed by atoms with E-state index in [0.717, 1.165) is 27.8 Å². The summed E-state index contributed by atoms with van der Waals surface area (Å²) in [5.74, 6) is -0.869. The number of hydrogen-bond donors (Lipinski definition) is 3. The van der Waals surface area contributed by atoms with Crippen LogP contribution in [0.1, 0.15) is 30.5 Å². The van der Waals surface area contributed by atoms with Gasteiger partial charge < -0.3 is 15.3 Å². The smallest absolute Gasteiger partial charge is 0.254 e. The average Bonchev–Trinajstić information content (AvgIpc) is 3.38. The van der Waals surface area contributed by atoms with E-state index in [0.29, 0.717) is 6.54 Å². The van der Waals surface area contributed by atoms with Crippen LogP contribution in [0.2, 0.25) is 0 Å². The van der Waals surface area contributed by atoms with Gasteiger partial charge in [0.2, 0.25) is 15.9 Å². The van der Waals surface area contributed by atoms with Gasteiger partial charge in [0.1, 0.15) is 12.1 Å². The normalized spacial score (nSPS) is 17.3. The minimum atomic E-state index is -4.14. The number of nitrogens with zero attached hydrogens (tertiary/aromatic N) is 1. The third-order valence-corrected chi connectivity index (χ3v) is 11.2. The number of rotatable bonds is 11. The second-order valence-electron chi connectivity index (χ2n) is 12.0. The number of nitrogens with one attached hydrogen (secondary N) is 2. The van der Waals surface area contributed by atoms with Crippen LogP contribution in [0, 0.1) is 6.92 Å². The molecule has 240 valence electrons. The molecule has 4 aromatic carbocycles. The van der Waals surface area contributed by atoms with E-state index in [1.54, 1.807) is 12.1 Å². The maximum absolute atomic E-state index is 14.0. The fourth-order valence-electron chi connectivity index (χ4n) is 5.65. The first-order valence-corrected chi connectivity index (χ1v) is 17.6. The molecule has 3 atom stereocenters. The van der Waals surface area contributed by atoms with Crippen molar-refractivity contribution in [2.24, 2.45) is 0 Å². The number of benzene rings is 4. The Morgan fingerprint density at radius 3 is 2.13 bits per heavy atom. The maximum atomic E-state index is 14.0. The number of aliphatic hydroxyl groups is 1. The van der Waals surface area contributed by atoms with Crippen molar-refractivity contribution in [3.63, 3.8) is 0 Å². The van der Waals surface area contributed by atoms with Gasteiger partial charge in [0.15, 0.2) is 0 Å². The molecule has 46 heavy (non-hydrogen) atoms. The fraction of sp³-hybridized carbons (Fsp3) is 0.278. The van der Waals surface area contributed by atoms with E-state index in [1.165, 1.54) is 28.8 Å². The molecule has 0 bridgehead atoms. The van der Waals surface area contributed by atoms with E-state index in [-0.39, 0.29) is 23.1 Å². The average molecular weight is 658 g/mol. The molecule has 1 aliphatic rings. The number of hydrogen-bond acceptors (Lipinski definition) is 6. The Labute approximate surface area is 275 Å². The summed E-state index contributed by atoms with van der Waals surface area (Å²) in [5.41, 5.74) is 4.55. The summed E-state index contributed by atoms with van der Waals surface area (Å²) < 4.78 is 29.2. The molecule has 8 nitrogen and oxygen atoms in total.